The fourth-order valence-electron chi connectivity index (χ4n) is 11.4. The first-order valence-corrected chi connectivity index (χ1v) is 23.1. The van der Waals surface area contributed by atoms with Crippen LogP contribution in [0.15, 0.2) is 218 Å². The third-order valence-electron chi connectivity index (χ3n) is 14.6. The largest absolute Gasteiger partial charge is 0.310 e. The van der Waals surface area contributed by atoms with Gasteiger partial charge >= 0.3 is 0 Å². The van der Waals surface area contributed by atoms with Gasteiger partial charge in [0.15, 0.2) is 0 Å². The summed E-state index contributed by atoms with van der Waals surface area (Å²) in [5.74, 6) is 0.493. The van der Waals surface area contributed by atoms with E-state index >= 15 is 0 Å². The average Bonchev–Trinajstić information content (AvgIpc) is 3.58. The molecule has 0 radical (unpaired) electrons. The Labute approximate surface area is 379 Å². The van der Waals surface area contributed by atoms with Crippen LogP contribution < -0.4 is 9.80 Å². The normalized spacial score (nSPS) is 17.4. The summed E-state index contributed by atoms with van der Waals surface area (Å²) < 4.78 is 0. The molecular weight excluding hydrogens is 773 g/mol. The highest BCUT2D eigenvalue weighted by molar-refractivity contribution is 5.99. The summed E-state index contributed by atoms with van der Waals surface area (Å²) in [5.41, 5.74) is 17.5. The lowest BCUT2D eigenvalue weighted by atomic mass is 9.60. The lowest BCUT2D eigenvalue weighted by molar-refractivity contribution is 0.244. The molecule has 2 aliphatic rings. The number of hydrogen-bond donors (Lipinski definition) is 0. The second-order valence-corrected chi connectivity index (χ2v) is 18.5. The van der Waals surface area contributed by atoms with Gasteiger partial charge in [-0.15, -0.1) is 0 Å². The van der Waals surface area contributed by atoms with Crippen molar-refractivity contribution < 1.29 is 0 Å². The van der Waals surface area contributed by atoms with Crippen molar-refractivity contribution in [2.24, 2.45) is 5.92 Å². The molecule has 0 aliphatic heterocycles. The van der Waals surface area contributed by atoms with Crippen molar-refractivity contribution in [1.29, 1.82) is 0 Å². The predicted octanol–water partition coefficient (Wildman–Crippen LogP) is 17.2. The van der Waals surface area contributed by atoms with Crippen LogP contribution in [0.3, 0.4) is 0 Å². The molecular formula is C62H54N2. The molecule has 0 spiro atoms. The van der Waals surface area contributed by atoms with Crippen molar-refractivity contribution in [1.82, 2.24) is 0 Å². The van der Waals surface area contributed by atoms with Crippen molar-refractivity contribution in [2.75, 3.05) is 9.80 Å². The minimum Gasteiger partial charge on any atom is -0.310 e. The van der Waals surface area contributed by atoms with Crippen molar-refractivity contribution in [3.63, 3.8) is 0 Å². The minimum atomic E-state index is -0.149. The Kier molecular flexibility index (Phi) is 10.0. The second-order valence-electron chi connectivity index (χ2n) is 18.5. The SMILES string of the molecule is CC1CCCCC1(c1ccc(N(c2ccccc2)c2ccc3c(c2)C(C)(C)c2cccc(-c4ccccc4)c2-3)cc1)c1ccc(N(c2ccccc2)c2cccc3ccccc23)cc1. The van der Waals surface area contributed by atoms with E-state index in [-0.39, 0.29) is 10.8 Å². The zero-order valence-corrected chi connectivity index (χ0v) is 37.1. The van der Waals surface area contributed by atoms with Gasteiger partial charge in [0.25, 0.3) is 0 Å². The van der Waals surface area contributed by atoms with Crippen LogP contribution in [-0.2, 0) is 10.8 Å². The Morgan fingerprint density at radius 1 is 0.438 bits per heavy atom. The van der Waals surface area contributed by atoms with Crippen LogP contribution in [0.2, 0.25) is 0 Å². The molecule has 0 saturated heterocycles. The number of nitrogens with zero attached hydrogens (tertiary/aromatic N) is 2. The predicted molar refractivity (Wildman–Crippen MR) is 271 cm³/mol. The van der Waals surface area contributed by atoms with E-state index in [0.717, 1.165) is 29.2 Å². The van der Waals surface area contributed by atoms with Crippen molar-refractivity contribution in [2.45, 2.75) is 57.3 Å². The fourth-order valence-corrected chi connectivity index (χ4v) is 11.4. The van der Waals surface area contributed by atoms with Crippen LogP contribution in [0, 0.1) is 5.92 Å². The van der Waals surface area contributed by atoms with Gasteiger partial charge in [-0.1, -0.05) is 185 Å². The summed E-state index contributed by atoms with van der Waals surface area (Å²) >= 11 is 0. The topological polar surface area (TPSA) is 6.48 Å². The van der Waals surface area contributed by atoms with Crippen LogP contribution in [-0.4, -0.2) is 0 Å². The van der Waals surface area contributed by atoms with Gasteiger partial charge in [-0.2, -0.15) is 0 Å². The zero-order chi connectivity index (χ0) is 43.3. The Balaban J connectivity index is 0.979. The summed E-state index contributed by atoms with van der Waals surface area (Å²) in [6, 6.07) is 81.0. The molecule has 0 N–H and O–H groups in total. The Morgan fingerprint density at radius 2 is 0.984 bits per heavy atom. The van der Waals surface area contributed by atoms with Crippen LogP contribution in [0.5, 0.6) is 0 Å². The Bertz CT molecular complexity index is 3080. The zero-order valence-electron chi connectivity index (χ0n) is 37.1. The molecule has 312 valence electrons. The number of para-hydroxylation sites is 2. The van der Waals surface area contributed by atoms with Gasteiger partial charge < -0.3 is 9.80 Å². The Morgan fingerprint density at radius 3 is 1.66 bits per heavy atom. The first kappa shape index (κ1) is 39.7. The molecule has 2 unspecified atom stereocenters. The molecule has 0 aromatic heterocycles. The maximum Gasteiger partial charge on any atom is 0.0540 e. The van der Waals surface area contributed by atoms with E-state index in [1.54, 1.807) is 0 Å². The van der Waals surface area contributed by atoms with Gasteiger partial charge in [0.05, 0.1) is 5.69 Å². The van der Waals surface area contributed by atoms with E-state index in [1.807, 2.05) is 0 Å². The van der Waals surface area contributed by atoms with E-state index in [4.69, 9.17) is 0 Å². The monoisotopic (exact) mass is 826 g/mol. The van der Waals surface area contributed by atoms with E-state index < -0.39 is 0 Å². The van der Waals surface area contributed by atoms with Crippen LogP contribution in [0.4, 0.5) is 34.1 Å². The number of hydrogen-bond acceptors (Lipinski definition) is 2. The Hall–Kier alpha value is -7.16. The first-order valence-electron chi connectivity index (χ1n) is 23.1. The van der Waals surface area contributed by atoms with Crippen molar-refractivity contribution in [3.05, 3.63) is 241 Å². The molecule has 64 heavy (non-hydrogen) atoms. The molecule has 2 aliphatic carbocycles. The van der Waals surface area contributed by atoms with Crippen molar-refractivity contribution in [3.8, 4) is 22.3 Å². The van der Waals surface area contributed by atoms with Crippen molar-refractivity contribution >= 4 is 44.9 Å². The van der Waals surface area contributed by atoms with Gasteiger partial charge in [0.2, 0.25) is 0 Å². The van der Waals surface area contributed by atoms with E-state index in [0.29, 0.717) is 5.92 Å². The third kappa shape index (κ3) is 6.63. The van der Waals surface area contributed by atoms with Gasteiger partial charge in [-0.25, -0.2) is 0 Å². The number of rotatable bonds is 9. The molecule has 1 fully saturated rings. The quantitative estimate of drug-likeness (QED) is 0.143. The lowest BCUT2D eigenvalue weighted by Gasteiger charge is -2.44. The molecule has 9 aromatic carbocycles. The molecule has 9 aromatic rings. The molecule has 2 heteroatoms. The minimum absolute atomic E-state index is 0.0935. The highest BCUT2D eigenvalue weighted by atomic mass is 15.1. The summed E-state index contributed by atoms with van der Waals surface area (Å²) in [6.45, 7) is 7.26. The molecule has 11 rings (SSSR count). The molecule has 0 amide bonds. The number of anilines is 6. The lowest BCUT2D eigenvalue weighted by Crippen LogP contribution is -2.37. The van der Waals surface area contributed by atoms with Crippen LogP contribution in [0.25, 0.3) is 33.0 Å². The maximum absolute atomic E-state index is 2.48. The maximum atomic E-state index is 2.48. The average molecular weight is 827 g/mol. The highest BCUT2D eigenvalue weighted by Crippen LogP contribution is 2.54. The van der Waals surface area contributed by atoms with E-state index in [1.165, 1.54) is 85.9 Å². The summed E-state index contributed by atoms with van der Waals surface area (Å²) in [6.07, 6.45) is 4.84. The fraction of sp³-hybridized carbons (Fsp3) is 0.161. The van der Waals surface area contributed by atoms with Gasteiger partial charge in [0, 0.05) is 44.7 Å². The smallest absolute Gasteiger partial charge is 0.0540 e. The molecule has 2 nitrogen and oxygen atoms in total. The van der Waals surface area contributed by atoms with Gasteiger partial charge in [-0.05, 0) is 135 Å². The van der Waals surface area contributed by atoms with Gasteiger partial charge in [0.1, 0.15) is 0 Å². The standard InChI is InChI=1S/C62H54N2/c1-44-19-15-16-42-62(44,48-34-38-52(39-35-48)64(50-26-11-6-12-27-50)59-31-17-23-45-22-13-14-28-54(45)59)47-32-36-51(37-33-47)63(49-24-9-5-10-25-49)53-40-41-56-58(43-53)61(2,3)57-30-18-29-55(60(56)57)46-20-7-4-8-21-46/h4-14,17-18,20-41,43-44H,15-16,19,42H2,1-3H3. The van der Waals surface area contributed by atoms with Crippen LogP contribution >= 0.6 is 0 Å². The summed E-state index contributed by atoms with van der Waals surface area (Å²) in [5, 5.41) is 2.48. The van der Waals surface area contributed by atoms with E-state index in [9.17, 15) is 0 Å². The summed E-state index contributed by atoms with van der Waals surface area (Å²) in [4.78, 5) is 4.86. The third-order valence-corrected chi connectivity index (χ3v) is 14.6. The van der Waals surface area contributed by atoms with Crippen LogP contribution in [0.1, 0.15) is 68.7 Å². The number of fused-ring (bicyclic) bond motifs is 4. The summed E-state index contributed by atoms with van der Waals surface area (Å²) in [7, 11) is 0. The first-order chi connectivity index (χ1) is 31.4. The van der Waals surface area contributed by atoms with Gasteiger partial charge in [-0.3, -0.25) is 0 Å². The molecule has 1 saturated carbocycles. The molecule has 2 atom stereocenters. The highest BCUT2D eigenvalue weighted by Gasteiger charge is 2.42. The van der Waals surface area contributed by atoms with E-state index in [2.05, 4.69) is 249 Å². The molecule has 0 bridgehead atoms. The molecule has 0 heterocycles. The number of benzene rings is 9. The second kappa shape index (κ2) is 16.2.